The quantitative estimate of drug-likeness (QED) is 0.896. The van der Waals surface area contributed by atoms with Gasteiger partial charge in [0.15, 0.2) is 0 Å². The molecule has 0 radical (unpaired) electrons. The van der Waals surface area contributed by atoms with E-state index in [-0.39, 0.29) is 0 Å². The van der Waals surface area contributed by atoms with Crippen LogP contribution in [0.4, 0.5) is 0 Å². The molecule has 1 fully saturated rings. The molecule has 1 aliphatic rings. The lowest BCUT2D eigenvalue weighted by molar-refractivity contribution is -0.142. The number of rotatable bonds is 4. The Balaban J connectivity index is 2.12. The molecule has 1 heterocycles. The zero-order chi connectivity index (χ0) is 12.3. The second-order valence-electron chi connectivity index (χ2n) is 4.39. The molecule has 1 aromatic rings. The minimum atomic E-state index is -0.758. The Bertz CT molecular complexity index is 402. The van der Waals surface area contributed by atoms with E-state index in [9.17, 15) is 9.90 Å². The fourth-order valence-electron chi connectivity index (χ4n) is 2.30. The maximum absolute atomic E-state index is 11.3. The largest absolute Gasteiger partial charge is 0.480 e. The molecule has 2 rings (SSSR count). The summed E-state index contributed by atoms with van der Waals surface area (Å²) in [5.74, 6) is -0.758. The number of carbonyl (C=O) groups is 1. The summed E-state index contributed by atoms with van der Waals surface area (Å²) >= 11 is 6.07. The van der Waals surface area contributed by atoms with Crippen LogP contribution in [-0.4, -0.2) is 35.1 Å². The fraction of sp³-hybridized carbons (Fsp3) is 0.462. The minimum absolute atomic E-state index is 0.447. The molecular formula is C13H16ClNO2. The summed E-state index contributed by atoms with van der Waals surface area (Å²) in [5, 5.41) is 9.95. The number of benzene rings is 1. The summed E-state index contributed by atoms with van der Waals surface area (Å²) in [6.45, 7) is 1.75. The van der Waals surface area contributed by atoms with E-state index in [0.717, 1.165) is 31.5 Å². The van der Waals surface area contributed by atoms with E-state index in [1.807, 2.05) is 23.1 Å². The topological polar surface area (TPSA) is 40.5 Å². The Morgan fingerprint density at radius 3 is 2.59 bits per heavy atom. The predicted molar refractivity (Wildman–Crippen MR) is 67.4 cm³/mol. The molecule has 1 unspecified atom stereocenters. The highest BCUT2D eigenvalue weighted by Gasteiger charge is 2.28. The van der Waals surface area contributed by atoms with E-state index in [1.54, 1.807) is 6.07 Å². The van der Waals surface area contributed by atoms with Gasteiger partial charge < -0.3 is 5.11 Å². The molecule has 1 aliphatic heterocycles. The molecule has 0 aliphatic carbocycles. The lowest BCUT2D eigenvalue weighted by Gasteiger charge is -2.24. The molecule has 1 N–H and O–H groups in total. The van der Waals surface area contributed by atoms with Crippen LogP contribution < -0.4 is 0 Å². The van der Waals surface area contributed by atoms with E-state index >= 15 is 0 Å². The van der Waals surface area contributed by atoms with Gasteiger partial charge in [0.2, 0.25) is 0 Å². The van der Waals surface area contributed by atoms with Crippen LogP contribution in [0.15, 0.2) is 24.3 Å². The molecular weight excluding hydrogens is 238 g/mol. The van der Waals surface area contributed by atoms with Crippen LogP contribution in [-0.2, 0) is 11.2 Å². The van der Waals surface area contributed by atoms with Crippen molar-refractivity contribution < 1.29 is 9.90 Å². The number of aliphatic carboxylic acids is 1. The van der Waals surface area contributed by atoms with E-state index in [2.05, 4.69) is 0 Å². The number of nitrogens with zero attached hydrogens (tertiary/aromatic N) is 1. The van der Waals surface area contributed by atoms with Gasteiger partial charge in [0, 0.05) is 11.4 Å². The Labute approximate surface area is 106 Å². The van der Waals surface area contributed by atoms with Gasteiger partial charge >= 0.3 is 5.97 Å². The van der Waals surface area contributed by atoms with Crippen LogP contribution in [0.1, 0.15) is 18.4 Å². The van der Waals surface area contributed by atoms with E-state index in [4.69, 9.17) is 11.6 Å². The molecule has 17 heavy (non-hydrogen) atoms. The first-order chi connectivity index (χ1) is 8.18. The van der Waals surface area contributed by atoms with Gasteiger partial charge in [0.05, 0.1) is 0 Å². The zero-order valence-electron chi connectivity index (χ0n) is 9.60. The number of halogens is 1. The van der Waals surface area contributed by atoms with E-state index < -0.39 is 12.0 Å². The first kappa shape index (κ1) is 12.4. The average Bonchev–Trinajstić information content (AvgIpc) is 2.81. The molecule has 3 nitrogen and oxygen atoms in total. The van der Waals surface area contributed by atoms with Gasteiger partial charge in [-0.2, -0.15) is 0 Å². The third-order valence-corrected chi connectivity index (χ3v) is 3.61. The molecule has 0 saturated carbocycles. The molecule has 0 bridgehead atoms. The standard InChI is InChI=1S/C13H16ClNO2/c14-11-6-2-1-5-10(11)9-12(13(16)17)15-7-3-4-8-15/h1-2,5-6,12H,3-4,7-9H2,(H,16,17). The fourth-order valence-corrected chi connectivity index (χ4v) is 2.51. The third kappa shape index (κ3) is 2.99. The van der Waals surface area contributed by atoms with Crippen molar-refractivity contribution in [2.75, 3.05) is 13.1 Å². The van der Waals surface area contributed by atoms with E-state index in [1.165, 1.54) is 0 Å². The number of hydrogen-bond donors (Lipinski definition) is 1. The first-order valence-electron chi connectivity index (χ1n) is 5.89. The van der Waals surface area contributed by atoms with Crippen LogP contribution in [0.2, 0.25) is 5.02 Å². The summed E-state index contributed by atoms with van der Waals surface area (Å²) in [4.78, 5) is 13.4. The number of carboxylic acids is 1. The molecule has 4 heteroatoms. The average molecular weight is 254 g/mol. The summed E-state index contributed by atoms with van der Waals surface area (Å²) < 4.78 is 0. The van der Waals surface area contributed by atoms with Crippen molar-refractivity contribution in [2.24, 2.45) is 0 Å². The van der Waals surface area contributed by atoms with E-state index in [0.29, 0.717) is 11.4 Å². The van der Waals surface area contributed by atoms with Crippen LogP contribution in [0.5, 0.6) is 0 Å². The lowest BCUT2D eigenvalue weighted by Crippen LogP contribution is -2.40. The highest BCUT2D eigenvalue weighted by Crippen LogP contribution is 2.21. The summed E-state index contributed by atoms with van der Waals surface area (Å²) in [5.41, 5.74) is 0.911. The molecule has 1 aromatic carbocycles. The smallest absolute Gasteiger partial charge is 0.321 e. The van der Waals surface area contributed by atoms with Gasteiger partial charge in [-0.05, 0) is 37.6 Å². The van der Waals surface area contributed by atoms with Gasteiger partial charge in [0.25, 0.3) is 0 Å². The van der Waals surface area contributed by atoms with Crippen molar-refractivity contribution in [2.45, 2.75) is 25.3 Å². The van der Waals surface area contributed by atoms with Gasteiger partial charge in [-0.3, -0.25) is 9.69 Å². The van der Waals surface area contributed by atoms with Crippen LogP contribution in [0.25, 0.3) is 0 Å². The molecule has 1 atom stereocenters. The molecule has 1 saturated heterocycles. The first-order valence-corrected chi connectivity index (χ1v) is 6.26. The third-order valence-electron chi connectivity index (χ3n) is 3.24. The van der Waals surface area contributed by atoms with Gasteiger partial charge in [-0.1, -0.05) is 29.8 Å². The second kappa shape index (κ2) is 5.52. The van der Waals surface area contributed by atoms with Gasteiger partial charge in [0.1, 0.15) is 6.04 Å². The number of carboxylic acid groups (broad SMARTS) is 1. The van der Waals surface area contributed by atoms with Crippen molar-refractivity contribution in [3.8, 4) is 0 Å². The SMILES string of the molecule is O=C(O)C(Cc1ccccc1Cl)N1CCCC1. The Kier molecular flexibility index (Phi) is 4.02. The maximum atomic E-state index is 11.3. The second-order valence-corrected chi connectivity index (χ2v) is 4.80. The monoisotopic (exact) mass is 253 g/mol. The zero-order valence-corrected chi connectivity index (χ0v) is 10.4. The Hall–Kier alpha value is -1.06. The molecule has 0 aromatic heterocycles. The van der Waals surface area contributed by atoms with Gasteiger partial charge in [-0.15, -0.1) is 0 Å². The summed E-state index contributed by atoms with van der Waals surface area (Å²) in [6, 6.07) is 7.01. The Morgan fingerprint density at radius 1 is 1.35 bits per heavy atom. The van der Waals surface area contributed by atoms with Crippen molar-refractivity contribution in [1.29, 1.82) is 0 Å². The van der Waals surface area contributed by atoms with Crippen LogP contribution in [0, 0.1) is 0 Å². The highest BCUT2D eigenvalue weighted by atomic mass is 35.5. The number of hydrogen-bond acceptors (Lipinski definition) is 2. The van der Waals surface area contributed by atoms with Crippen molar-refractivity contribution in [3.63, 3.8) is 0 Å². The van der Waals surface area contributed by atoms with Crippen LogP contribution >= 0.6 is 11.6 Å². The normalized spacial score (nSPS) is 18.2. The van der Waals surface area contributed by atoms with Crippen molar-refractivity contribution in [3.05, 3.63) is 34.9 Å². The predicted octanol–water partition coefficient (Wildman–Crippen LogP) is 2.43. The van der Waals surface area contributed by atoms with Gasteiger partial charge in [-0.25, -0.2) is 0 Å². The molecule has 92 valence electrons. The Morgan fingerprint density at radius 2 is 2.00 bits per heavy atom. The molecule has 0 spiro atoms. The van der Waals surface area contributed by atoms with Crippen LogP contribution in [0.3, 0.4) is 0 Å². The highest BCUT2D eigenvalue weighted by molar-refractivity contribution is 6.31. The lowest BCUT2D eigenvalue weighted by atomic mass is 10.0. The maximum Gasteiger partial charge on any atom is 0.321 e. The summed E-state index contributed by atoms with van der Waals surface area (Å²) in [7, 11) is 0. The summed E-state index contributed by atoms with van der Waals surface area (Å²) in [6.07, 6.45) is 2.66. The van der Waals surface area contributed by atoms with Crippen molar-refractivity contribution >= 4 is 17.6 Å². The number of likely N-dealkylation sites (tertiary alicyclic amines) is 1. The minimum Gasteiger partial charge on any atom is -0.480 e. The van der Waals surface area contributed by atoms with Crippen molar-refractivity contribution in [1.82, 2.24) is 4.90 Å². The molecule has 0 amide bonds.